The number of nitro groups is 1. The number of hydrogen-bond donors (Lipinski definition) is 0. The molecular weight excluding hydrogens is 222 g/mol. The van der Waals surface area contributed by atoms with Crippen molar-refractivity contribution in [2.45, 2.75) is 19.3 Å². The smallest absolute Gasteiger partial charge is 0.312 e. The molecule has 0 unspecified atom stereocenters. The Kier molecular flexibility index (Phi) is 2.01. The van der Waals surface area contributed by atoms with E-state index in [2.05, 4.69) is 0 Å². The molecule has 86 valence electrons. The van der Waals surface area contributed by atoms with Crippen LogP contribution in [0.1, 0.15) is 29.0 Å². The average molecular weight is 231 g/mol. The molecule has 5 heteroatoms. The van der Waals surface area contributed by atoms with Crippen molar-refractivity contribution in [2.75, 3.05) is 0 Å². The number of benzene rings is 1. The standard InChI is InChI=1S/C12H9NO4/c14-9-5-2-6-10-11(9)7-3-1-4-8(13(15)16)12(7)17-10/h1,3-4H,2,5-6H2. The Hall–Kier alpha value is -2.17. The van der Waals surface area contributed by atoms with E-state index in [1.807, 2.05) is 0 Å². The van der Waals surface area contributed by atoms with Crippen LogP contribution in [-0.4, -0.2) is 10.7 Å². The summed E-state index contributed by atoms with van der Waals surface area (Å²) in [6.45, 7) is 0. The summed E-state index contributed by atoms with van der Waals surface area (Å²) in [7, 11) is 0. The quantitative estimate of drug-likeness (QED) is 0.558. The number of rotatable bonds is 1. The topological polar surface area (TPSA) is 73.3 Å². The van der Waals surface area contributed by atoms with E-state index in [4.69, 9.17) is 4.42 Å². The van der Waals surface area contributed by atoms with Gasteiger partial charge in [-0.15, -0.1) is 0 Å². The van der Waals surface area contributed by atoms with E-state index in [1.54, 1.807) is 12.1 Å². The Morgan fingerprint density at radius 1 is 1.29 bits per heavy atom. The molecule has 1 aliphatic carbocycles. The largest absolute Gasteiger partial charge is 0.453 e. The molecule has 0 amide bonds. The lowest BCUT2D eigenvalue weighted by Gasteiger charge is -2.07. The second-order valence-electron chi connectivity index (χ2n) is 4.09. The first kappa shape index (κ1) is 10.0. The zero-order chi connectivity index (χ0) is 12.0. The van der Waals surface area contributed by atoms with Gasteiger partial charge in [-0.2, -0.15) is 0 Å². The predicted molar refractivity (Wildman–Crippen MR) is 60.1 cm³/mol. The van der Waals surface area contributed by atoms with Crippen LogP contribution in [-0.2, 0) is 6.42 Å². The van der Waals surface area contributed by atoms with Gasteiger partial charge in [0.1, 0.15) is 5.76 Å². The van der Waals surface area contributed by atoms with Crippen molar-refractivity contribution in [1.82, 2.24) is 0 Å². The summed E-state index contributed by atoms with van der Waals surface area (Å²) >= 11 is 0. The van der Waals surface area contributed by atoms with Gasteiger partial charge in [-0.3, -0.25) is 14.9 Å². The number of non-ortho nitro benzene ring substituents is 1. The monoisotopic (exact) mass is 231 g/mol. The Balaban J connectivity index is 2.38. The fourth-order valence-electron chi connectivity index (χ4n) is 2.31. The lowest BCUT2D eigenvalue weighted by Crippen LogP contribution is -2.08. The number of nitro benzene ring substituents is 1. The molecule has 1 aromatic carbocycles. The van der Waals surface area contributed by atoms with E-state index in [1.165, 1.54) is 6.07 Å². The van der Waals surface area contributed by atoms with Crippen molar-refractivity contribution in [2.24, 2.45) is 0 Å². The van der Waals surface area contributed by atoms with Crippen LogP contribution in [0.4, 0.5) is 5.69 Å². The lowest BCUT2D eigenvalue weighted by molar-refractivity contribution is -0.383. The van der Waals surface area contributed by atoms with Crippen molar-refractivity contribution in [1.29, 1.82) is 0 Å². The van der Waals surface area contributed by atoms with Gasteiger partial charge in [-0.25, -0.2) is 0 Å². The third-order valence-electron chi connectivity index (χ3n) is 3.05. The molecule has 1 aliphatic rings. The Morgan fingerprint density at radius 3 is 2.88 bits per heavy atom. The summed E-state index contributed by atoms with van der Waals surface area (Å²) in [6.07, 6.45) is 1.91. The number of nitrogens with zero attached hydrogens (tertiary/aromatic N) is 1. The van der Waals surface area contributed by atoms with Crippen LogP contribution in [0.5, 0.6) is 0 Å². The summed E-state index contributed by atoms with van der Waals surface area (Å²) in [5.41, 5.74) is 0.678. The molecule has 2 aromatic rings. The van der Waals surface area contributed by atoms with Crippen LogP contribution >= 0.6 is 0 Å². The second kappa shape index (κ2) is 3.41. The SMILES string of the molecule is O=C1CCCc2oc3c([N+](=O)[O-])cccc3c21. The summed E-state index contributed by atoms with van der Waals surface area (Å²) in [5.74, 6) is 0.607. The molecule has 0 aliphatic heterocycles. The number of aryl methyl sites for hydroxylation is 1. The van der Waals surface area contributed by atoms with Gasteiger partial charge in [0.15, 0.2) is 5.78 Å². The number of ketones is 1. The Morgan fingerprint density at radius 2 is 2.12 bits per heavy atom. The molecular formula is C12H9NO4. The highest BCUT2D eigenvalue weighted by atomic mass is 16.6. The highest BCUT2D eigenvalue weighted by Crippen LogP contribution is 2.36. The number of para-hydroxylation sites is 1. The number of Topliss-reactive ketones (excluding diaryl/α,β-unsaturated/α-hetero) is 1. The van der Waals surface area contributed by atoms with Crippen LogP contribution in [0.3, 0.4) is 0 Å². The fourth-order valence-corrected chi connectivity index (χ4v) is 2.31. The van der Waals surface area contributed by atoms with Crippen molar-refractivity contribution in [3.8, 4) is 0 Å². The minimum atomic E-state index is -0.484. The highest BCUT2D eigenvalue weighted by Gasteiger charge is 2.27. The predicted octanol–water partition coefficient (Wildman–Crippen LogP) is 2.86. The molecule has 17 heavy (non-hydrogen) atoms. The van der Waals surface area contributed by atoms with E-state index in [9.17, 15) is 14.9 Å². The number of fused-ring (bicyclic) bond motifs is 3. The van der Waals surface area contributed by atoms with Crippen LogP contribution in [0.15, 0.2) is 22.6 Å². The summed E-state index contributed by atoms with van der Waals surface area (Å²) < 4.78 is 5.49. The van der Waals surface area contributed by atoms with Gasteiger partial charge in [0.25, 0.3) is 0 Å². The summed E-state index contributed by atoms with van der Waals surface area (Å²) in [5, 5.41) is 11.4. The van der Waals surface area contributed by atoms with Crippen LogP contribution in [0.2, 0.25) is 0 Å². The van der Waals surface area contributed by atoms with Crippen LogP contribution in [0, 0.1) is 10.1 Å². The van der Waals surface area contributed by atoms with E-state index < -0.39 is 4.92 Å². The minimum absolute atomic E-state index is 0.0190. The molecule has 0 fully saturated rings. The first-order chi connectivity index (χ1) is 8.18. The van der Waals surface area contributed by atoms with Crippen LogP contribution < -0.4 is 0 Å². The fraction of sp³-hybridized carbons (Fsp3) is 0.250. The number of hydrogen-bond acceptors (Lipinski definition) is 4. The first-order valence-electron chi connectivity index (χ1n) is 5.40. The Labute approximate surface area is 96.2 Å². The van der Waals surface area contributed by atoms with Gasteiger partial charge >= 0.3 is 5.69 Å². The molecule has 3 rings (SSSR count). The first-order valence-corrected chi connectivity index (χ1v) is 5.40. The van der Waals surface area contributed by atoms with E-state index >= 15 is 0 Å². The van der Waals surface area contributed by atoms with Gasteiger partial charge < -0.3 is 4.42 Å². The zero-order valence-electron chi connectivity index (χ0n) is 8.93. The van der Waals surface area contributed by atoms with Gasteiger partial charge in [-0.1, -0.05) is 6.07 Å². The molecule has 0 radical (unpaired) electrons. The molecule has 0 spiro atoms. The third kappa shape index (κ3) is 1.35. The average Bonchev–Trinajstić information content (AvgIpc) is 2.67. The maximum atomic E-state index is 11.8. The molecule has 0 saturated heterocycles. The van der Waals surface area contributed by atoms with Crippen molar-refractivity contribution in [3.05, 3.63) is 39.6 Å². The van der Waals surface area contributed by atoms with Crippen LogP contribution in [0.25, 0.3) is 11.0 Å². The molecule has 5 nitrogen and oxygen atoms in total. The number of carbonyl (C=O) groups is 1. The summed E-state index contributed by atoms with van der Waals surface area (Å²) in [6, 6.07) is 4.67. The Bertz CT molecular complexity index is 641. The number of furan rings is 1. The third-order valence-corrected chi connectivity index (χ3v) is 3.05. The lowest BCUT2D eigenvalue weighted by atomic mass is 9.94. The van der Waals surface area contributed by atoms with E-state index in [0.29, 0.717) is 29.6 Å². The van der Waals surface area contributed by atoms with E-state index in [0.717, 1.165) is 6.42 Å². The highest BCUT2D eigenvalue weighted by molar-refractivity contribution is 6.10. The van der Waals surface area contributed by atoms with E-state index in [-0.39, 0.29) is 17.1 Å². The van der Waals surface area contributed by atoms with Crippen molar-refractivity contribution < 1.29 is 14.1 Å². The van der Waals surface area contributed by atoms with Crippen molar-refractivity contribution >= 4 is 22.4 Å². The maximum Gasteiger partial charge on any atom is 0.312 e. The molecule has 0 N–H and O–H groups in total. The van der Waals surface area contributed by atoms with Gasteiger partial charge in [0.2, 0.25) is 5.58 Å². The maximum absolute atomic E-state index is 11.8. The summed E-state index contributed by atoms with van der Waals surface area (Å²) in [4.78, 5) is 22.2. The minimum Gasteiger partial charge on any atom is -0.453 e. The molecule has 0 bridgehead atoms. The molecule has 1 aromatic heterocycles. The van der Waals surface area contributed by atoms with Gasteiger partial charge in [0, 0.05) is 24.3 Å². The molecule has 0 saturated carbocycles. The molecule has 1 heterocycles. The zero-order valence-corrected chi connectivity index (χ0v) is 8.93. The van der Waals surface area contributed by atoms with Gasteiger partial charge in [-0.05, 0) is 12.5 Å². The normalized spacial score (nSPS) is 14.9. The molecule has 0 atom stereocenters. The second-order valence-corrected chi connectivity index (χ2v) is 4.09. The van der Waals surface area contributed by atoms with Gasteiger partial charge in [0.05, 0.1) is 10.5 Å². The van der Waals surface area contributed by atoms with Crippen molar-refractivity contribution in [3.63, 3.8) is 0 Å². The number of carbonyl (C=O) groups excluding carboxylic acids is 1.